The van der Waals surface area contributed by atoms with Crippen molar-refractivity contribution in [3.05, 3.63) is 90.5 Å². The molecule has 0 atom stereocenters. The lowest BCUT2D eigenvalue weighted by Gasteiger charge is -2.10. The Labute approximate surface area is 216 Å². The number of nitrogens with zero attached hydrogens (tertiary/aromatic N) is 3. The van der Waals surface area contributed by atoms with Crippen molar-refractivity contribution in [1.82, 2.24) is 25.3 Å². The first-order chi connectivity index (χ1) is 18.1. The van der Waals surface area contributed by atoms with E-state index < -0.39 is 0 Å². The summed E-state index contributed by atoms with van der Waals surface area (Å²) < 4.78 is 4.96. The van der Waals surface area contributed by atoms with Crippen LogP contribution in [0.4, 0.5) is 0 Å². The van der Waals surface area contributed by atoms with Crippen molar-refractivity contribution in [3.8, 4) is 33.6 Å². The fraction of sp³-hybridized carbons (Fsp3) is 0.200. The highest BCUT2D eigenvalue weighted by Gasteiger charge is 2.13. The number of pyridine rings is 3. The van der Waals surface area contributed by atoms with Gasteiger partial charge in [-0.1, -0.05) is 30.3 Å². The molecule has 4 heterocycles. The molecule has 0 aliphatic carbocycles. The van der Waals surface area contributed by atoms with Gasteiger partial charge in [0, 0.05) is 53.9 Å². The van der Waals surface area contributed by atoms with E-state index in [1.54, 1.807) is 0 Å². The molecular formula is C30H29N5O2. The number of fused-ring (bicyclic) bond motifs is 1. The van der Waals surface area contributed by atoms with Crippen LogP contribution < -0.4 is 5.32 Å². The van der Waals surface area contributed by atoms with Crippen LogP contribution in [-0.4, -0.2) is 39.1 Å². The maximum atomic E-state index is 11.5. The average Bonchev–Trinajstić information content (AvgIpc) is 3.40. The molecule has 0 bridgehead atoms. The van der Waals surface area contributed by atoms with Gasteiger partial charge < -0.3 is 15.0 Å². The van der Waals surface area contributed by atoms with Crippen LogP contribution in [0.5, 0.6) is 0 Å². The van der Waals surface area contributed by atoms with Gasteiger partial charge in [-0.15, -0.1) is 0 Å². The highest BCUT2D eigenvalue weighted by atomic mass is 16.5. The van der Waals surface area contributed by atoms with E-state index in [4.69, 9.17) is 9.72 Å². The predicted octanol–water partition coefficient (Wildman–Crippen LogP) is 5.71. The van der Waals surface area contributed by atoms with Crippen LogP contribution in [0.2, 0.25) is 0 Å². The van der Waals surface area contributed by atoms with E-state index >= 15 is 0 Å². The highest BCUT2D eigenvalue weighted by molar-refractivity contribution is 5.95. The van der Waals surface area contributed by atoms with Gasteiger partial charge in [0.1, 0.15) is 5.65 Å². The first-order valence-corrected chi connectivity index (χ1v) is 12.4. The van der Waals surface area contributed by atoms with E-state index in [1.165, 1.54) is 0 Å². The molecule has 37 heavy (non-hydrogen) atoms. The predicted molar refractivity (Wildman–Crippen MR) is 146 cm³/mol. The second kappa shape index (κ2) is 11.1. The molecule has 7 nitrogen and oxygen atoms in total. The number of carbonyl (C=O) groups excluding carboxylic acids is 1. The summed E-state index contributed by atoms with van der Waals surface area (Å²) in [6, 6.07) is 20.6. The maximum absolute atomic E-state index is 11.5. The molecule has 7 heteroatoms. The van der Waals surface area contributed by atoms with Crippen LogP contribution in [0.1, 0.15) is 24.6 Å². The molecule has 1 aromatic carbocycles. The summed E-state index contributed by atoms with van der Waals surface area (Å²) in [6.07, 6.45) is 6.05. The summed E-state index contributed by atoms with van der Waals surface area (Å²) in [5, 5.41) is 4.33. The molecule has 0 saturated carbocycles. The average molecular weight is 492 g/mol. The van der Waals surface area contributed by atoms with Gasteiger partial charge in [0.2, 0.25) is 0 Å². The zero-order chi connectivity index (χ0) is 25.6. The molecule has 4 aromatic heterocycles. The van der Waals surface area contributed by atoms with Gasteiger partial charge in [-0.25, -0.2) is 4.98 Å². The van der Waals surface area contributed by atoms with Crippen molar-refractivity contribution in [3.63, 3.8) is 0 Å². The van der Waals surface area contributed by atoms with E-state index in [1.807, 2.05) is 56.7 Å². The third-order valence-electron chi connectivity index (χ3n) is 6.16. The van der Waals surface area contributed by atoms with Gasteiger partial charge >= 0.3 is 5.97 Å². The Morgan fingerprint density at radius 1 is 0.946 bits per heavy atom. The molecule has 5 aromatic rings. The zero-order valence-corrected chi connectivity index (χ0v) is 21.0. The van der Waals surface area contributed by atoms with E-state index in [-0.39, 0.29) is 5.97 Å². The number of aromatic amines is 1. The zero-order valence-electron chi connectivity index (χ0n) is 21.0. The number of esters is 1. The second-order valence-electron chi connectivity index (χ2n) is 8.85. The molecule has 0 saturated heterocycles. The number of nitrogens with one attached hydrogen (secondary N) is 2. The van der Waals surface area contributed by atoms with Crippen LogP contribution in [0.3, 0.4) is 0 Å². The van der Waals surface area contributed by atoms with Crippen molar-refractivity contribution in [2.75, 3.05) is 13.2 Å². The molecule has 0 fully saturated rings. The van der Waals surface area contributed by atoms with E-state index in [2.05, 4.69) is 56.7 Å². The minimum atomic E-state index is -0.175. The number of ether oxygens (including phenoxy) is 1. The summed E-state index contributed by atoms with van der Waals surface area (Å²) in [5.41, 5.74) is 8.78. The second-order valence-corrected chi connectivity index (χ2v) is 8.85. The molecule has 0 aliphatic heterocycles. The highest BCUT2D eigenvalue weighted by Crippen LogP contribution is 2.33. The van der Waals surface area contributed by atoms with Crippen molar-refractivity contribution in [2.45, 2.75) is 26.8 Å². The number of hydrogen-bond donors (Lipinski definition) is 2. The lowest BCUT2D eigenvalue weighted by molar-refractivity contribution is -0.142. The lowest BCUT2D eigenvalue weighted by Crippen LogP contribution is -2.18. The van der Waals surface area contributed by atoms with Gasteiger partial charge in [-0.3, -0.25) is 14.8 Å². The van der Waals surface area contributed by atoms with Gasteiger partial charge in [-0.2, -0.15) is 0 Å². The van der Waals surface area contributed by atoms with Gasteiger partial charge in [0.15, 0.2) is 0 Å². The maximum Gasteiger partial charge on any atom is 0.307 e. The minimum absolute atomic E-state index is 0.175. The SMILES string of the molecule is CCOC(=O)CCNCc1ccc(-c2cncc(-c3cc(-c4cccc(C)n4)nc4[nH]ccc34)c2)cc1. The number of rotatable bonds is 9. The van der Waals surface area contributed by atoms with Crippen LogP contribution in [-0.2, 0) is 16.1 Å². The minimum Gasteiger partial charge on any atom is -0.466 e. The molecule has 186 valence electrons. The number of H-pyrrole nitrogens is 1. The summed E-state index contributed by atoms with van der Waals surface area (Å²) >= 11 is 0. The molecule has 0 spiro atoms. The fourth-order valence-corrected chi connectivity index (χ4v) is 4.31. The molecular weight excluding hydrogens is 462 g/mol. The Bertz CT molecular complexity index is 1530. The van der Waals surface area contributed by atoms with Crippen LogP contribution in [0.15, 0.2) is 79.3 Å². The first kappa shape index (κ1) is 24.3. The summed E-state index contributed by atoms with van der Waals surface area (Å²) in [5.74, 6) is -0.175. The fourth-order valence-electron chi connectivity index (χ4n) is 4.31. The number of benzene rings is 1. The van der Waals surface area contributed by atoms with Crippen LogP contribution >= 0.6 is 0 Å². The smallest absolute Gasteiger partial charge is 0.307 e. The number of aromatic nitrogens is 4. The molecule has 0 unspecified atom stereocenters. The summed E-state index contributed by atoms with van der Waals surface area (Å²) in [6.45, 7) is 5.49. The molecule has 5 rings (SSSR count). The van der Waals surface area contributed by atoms with Gasteiger partial charge in [0.25, 0.3) is 0 Å². The number of hydrogen-bond acceptors (Lipinski definition) is 6. The molecule has 2 N–H and O–H groups in total. The third kappa shape index (κ3) is 5.73. The largest absolute Gasteiger partial charge is 0.466 e. The Hall–Kier alpha value is -4.36. The molecule has 0 aliphatic rings. The van der Waals surface area contributed by atoms with Crippen molar-refractivity contribution >= 4 is 17.0 Å². The van der Waals surface area contributed by atoms with Crippen LogP contribution in [0, 0.1) is 6.92 Å². The summed E-state index contributed by atoms with van der Waals surface area (Å²) in [4.78, 5) is 28.7. The Balaban J connectivity index is 1.37. The quantitative estimate of drug-likeness (QED) is 0.203. The topological polar surface area (TPSA) is 92.8 Å². The van der Waals surface area contributed by atoms with E-state index in [0.29, 0.717) is 26.1 Å². The monoisotopic (exact) mass is 491 g/mol. The lowest BCUT2D eigenvalue weighted by atomic mass is 9.99. The van der Waals surface area contributed by atoms with E-state index in [0.717, 1.165) is 55.9 Å². The third-order valence-corrected chi connectivity index (χ3v) is 6.16. The Morgan fingerprint density at radius 3 is 2.59 bits per heavy atom. The standard InChI is InChI=1S/C30H29N5O2/c1-3-37-29(36)12-13-31-17-21-7-9-22(10-8-21)23-15-24(19-32-18-23)26-16-28(27-6-4-5-20(2)34-27)35-30-25(26)11-14-33-30/h4-11,14-16,18-19,31H,3,12-13,17H2,1-2H3,(H,33,35). The number of carbonyl (C=O) groups is 1. The molecule has 0 radical (unpaired) electrons. The van der Waals surface area contributed by atoms with Crippen molar-refractivity contribution < 1.29 is 9.53 Å². The van der Waals surface area contributed by atoms with Crippen LogP contribution in [0.25, 0.3) is 44.7 Å². The molecule has 0 amide bonds. The summed E-state index contributed by atoms with van der Waals surface area (Å²) in [7, 11) is 0. The Morgan fingerprint density at radius 2 is 1.78 bits per heavy atom. The van der Waals surface area contributed by atoms with Gasteiger partial charge in [0.05, 0.1) is 24.4 Å². The van der Waals surface area contributed by atoms with Crippen molar-refractivity contribution in [1.29, 1.82) is 0 Å². The van der Waals surface area contributed by atoms with E-state index in [9.17, 15) is 4.79 Å². The van der Waals surface area contributed by atoms with Gasteiger partial charge in [-0.05, 0) is 60.9 Å². The van der Waals surface area contributed by atoms with Crippen molar-refractivity contribution in [2.24, 2.45) is 0 Å². The number of aryl methyl sites for hydroxylation is 1. The Kier molecular flexibility index (Phi) is 7.33. The normalized spacial score (nSPS) is 11.1. The first-order valence-electron chi connectivity index (χ1n) is 12.4.